The zero-order valence-corrected chi connectivity index (χ0v) is 6.84. The van der Waals surface area contributed by atoms with E-state index in [0.29, 0.717) is 0 Å². The summed E-state index contributed by atoms with van der Waals surface area (Å²) in [6.45, 7) is 0. The molecule has 0 bridgehead atoms. The van der Waals surface area contributed by atoms with E-state index in [0.717, 1.165) is 5.88 Å². The molecule has 1 N–H and O–H groups in total. The van der Waals surface area contributed by atoms with Gasteiger partial charge in [-0.2, -0.15) is 4.72 Å². The first-order valence-corrected chi connectivity index (χ1v) is 4.51. The van der Waals surface area contributed by atoms with E-state index in [4.69, 9.17) is 0 Å². The van der Waals surface area contributed by atoms with Crippen molar-refractivity contribution in [1.82, 2.24) is 10.0 Å². The maximum atomic E-state index is 4.31. The summed E-state index contributed by atoms with van der Waals surface area (Å²) in [7, 11) is 0. The molecule has 1 saturated heterocycles. The van der Waals surface area contributed by atoms with E-state index in [1.807, 2.05) is 18.2 Å². The van der Waals surface area contributed by atoms with Gasteiger partial charge in [0.2, 0.25) is 0 Å². The second-order valence-electron chi connectivity index (χ2n) is 2.40. The van der Waals surface area contributed by atoms with E-state index in [1.54, 1.807) is 11.9 Å². The minimum Gasteiger partial charge on any atom is -0.286 e. The predicted molar refractivity (Wildman–Crippen MR) is 46.9 cm³/mol. The summed E-state index contributed by atoms with van der Waals surface area (Å²) < 4.78 is 4.31. The summed E-state index contributed by atoms with van der Waals surface area (Å²) in [5.74, 6) is 0.930. The standard InChI is InChI=1S/C8H9N2S/c1-2-4-7(5-3-1)8-9-6-11-10-8/h1-5,8-9H,6H2. The lowest BCUT2D eigenvalue weighted by atomic mass is 10.2. The molecule has 57 valence electrons. The fraction of sp³-hybridized carbons (Fsp3) is 0.250. The highest BCUT2D eigenvalue weighted by molar-refractivity contribution is 7.97. The first kappa shape index (κ1) is 7.16. The van der Waals surface area contributed by atoms with Gasteiger partial charge in [-0.15, -0.1) is 0 Å². The molecule has 1 fully saturated rings. The summed E-state index contributed by atoms with van der Waals surface area (Å²) in [6.07, 6.45) is 0.209. The van der Waals surface area contributed by atoms with Gasteiger partial charge in [-0.25, -0.2) is 0 Å². The van der Waals surface area contributed by atoms with Gasteiger partial charge in [-0.3, -0.25) is 5.32 Å². The Bertz CT molecular complexity index is 219. The van der Waals surface area contributed by atoms with Crippen LogP contribution in [0.3, 0.4) is 0 Å². The van der Waals surface area contributed by atoms with Crippen LogP contribution in [0.25, 0.3) is 0 Å². The Morgan fingerprint density at radius 3 is 2.82 bits per heavy atom. The molecule has 1 atom stereocenters. The van der Waals surface area contributed by atoms with Crippen molar-refractivity contribution in [3.05, 3.63) is 35.9 Å². The van der Waals surface area contributed by atoms with Gasteiger partial charge in [0.15, 0.2) is 0 Å². The maximum Gasteiger partial charge on any atom is 0.112 e. The second-order valence-corrected chi connectivity index (χ2v) is 3.15. The normalized spacial score (nSPS) is 23.8. The van der Waals surface area contributed by atoms with Crippen LogP contribution in [0.2, 0.25) is 0 Å². The van der Waals surface area contributed by atoms with E-state index < -0.39 is 0 Å². The Labute approximate surface area is 70.5 Å². The summed E-state index contributed by atoms with van der Waals surface area (Å²) in [5.41, 5.74) is 1.25. The molecule has 1 aromatic rings. The third-order valence-corrected chi connectivity index (χ3v) is 2.29. The predicted octanol–water partition coefficient (Wildman–Crippen LogP) is 1.50. The number of nitrogens with one attached hydrogen (secondary N) is 1. The lowest BCUT2D eigenvalue weighted by Crippen LogP contribution is -2.16. The van der Waals surface area contributed by atoms with Gasteiger partial charge in [0.1, 0.15) is 6.17 Å². The SMILES string of the molecule is c1ccc(C2[N]SCN2)cc1. The Balaban J connectivity index is 2.16. The van der Waals surface area contributed by atoms with Crippen LogP contribution in [0.4, 0.5) is 0 Å². The van der Waals surface area contributed by atoms with Crippen molar-refractivity contribution in [2.45, 2.75) is 6.17 Å². The zero-order chi connectivity index (χ0) is 7.52. The van der Waals surface area contributed by atoms with Crippen molar-refractivity contribution in [3.8, 4) is 0 Å². The number of hydrogen-bond donors (Lipinski definition) is 1. The van der Waals surface area contributed by atoms with Crippen LogP contribution in [-0.4, -0.2) is 5.88 Å². The Hall–Kier alpha value is -0.510. The van der Waals surface area contributed by atoms with Gasteiger partial charge < -0.3 is 0 Å². The van der Waals surface area contributed by atoms with Crippen molar-refractivity contribution in [1.29, 1.82) is 0 Å². The van der Waals surface area contributed by atoms with Crippen LogP contribution in [0, 0.1) is 0 Å². The molecule has 1 aromatic carbocycles. The van der Waals surface area contributed by atoms with Crippen LogP contribution in [0.1, 0.15) is 11.7 Å². The molecule has 0 saturated carbocycles. The van der Waals surface area contributed by atoms with Crippen LogP contribution < -0.4 is 10.0 Å². The highest BCUT2D eigenvalue weighted by atomic mass is 32.2. The Morgan fingerprint density at radius 1 is 1.36 bits per heavy atom. The molecule has 0 amide bonds. The van der Waals surface area contributed by atoms with E-state index in [1.165, 1.54) is 5.56 Å². The highest BCUT2D eigenvalue weighted by Gasteiger charge is 2.16. The molecule has 1 aliphatic rings. The number of benzene rings is 1. The highest BCUT2D eigenvalue weighted by Crippen LogP contribution is 2.19. The quantitative estimate of drug-likeness (QED) is 0.638. The molecule has 11 heavy (non-hydrogen) atoms. The van der Waals surface area contributed by atoms with Crippen molar-refractivity contribution >= 4 is 11.9 Å². The van der Waals surface area contributed by atoms with Gasteiger partial charge >= 0.3 is 0 Å². The molecule has 1 unspecified atom stereocenters. The van der Waals surface area contributed by atoms with Gasteiger partial charge in [-0.1, -0.05) is 30.3 Å². The van der Waals surface area contributed by atoms with E-state index in [9.17, 15) is 0 Å². The fourth-order valence-electron chi connectivity index (χ4n) is 1.08. The topological polar surface area (TPSA) is 26.1 Å². The van der Waals surface area contributed by atoms with Crippen molar-refractivity contribution in [2.75, 3.05) is 5.88 Å². The van der Waals surface area contributed by atoms with Crippen LogP contribution >= 0.6 is 11.9 Å². The lowest BCUT2D eigenvalue weighted by molar-refractivity contribution is 0.599. The molecule has 1 heterocycles. The number of hydrogen-bond acceptors (Lipinski definition) is 2. The molecule has 2 nitrogen and oxygen atoms in total. The molecule has 0 spiro atoms. The molecular formula is C8H9N2S. The third-order valence-electron chi connectivity index (χ3n) is 1.64. The van der Waals surface area contributed by atoms with Crippen molar-refractivity contribution < 1.29 is 0 Å². The van der Waals surface area contributed by atoms with Crippen LogP contribution in [0.5, 0.6) is 0 Å². The summed E-state index contributed by atoms with van der Waals surface area (Å²) in [4.78, 5) is 0. The molecular weight excluding hydrogens is 156 g/mol. The molecule has 3 heteroatoms. The number of rotatable bonds is 1. The molecule has 1 aliphatic heterocycles. The smallest absolute Gasteiger partial charge is 0.112 e. The molecule has 1 radical (unpaired) electrons. The van der Waals surface area contributed by atoms with Gasteiger partial charge in [-0.05, 0) is 17.5 Å². The summed E-state index contributed by atoms with van der Waals surface area (Å²) in [5, 5.41) is 3.27. The number of nitrogens with zero attached hydrogens (tertiary/aromatic N) is 1. The summed E-state index contributed by atoms with van der Waals surface area (Å²) >= 11 is 1.59. The largest absolute Gasteiger partial charge is 0.286 e. The lowest BCUT2D eigenvalue weighted by Gasteiger charge is -2.06. The van der Waals surface area contributed by atoms with Crippen LogP contribution in [-0.2, 0) is 0 Å². The Kier molecular flexibility index (Phi) is 2.12. The minimum atomic E-state index is 0.209. The molecule has 0 aliphatic carbocycles. The van der Waals surface area contributed by atoms with Crippen molar-refractivity contribution in [3.63, 3.8) is 0 Å². The zero-order valence-electron chi connectivity index (χ0n) is 6.03. The van der Waals surface area contributed by atoms with Gasteiger partial charge in [0.25, 0.3) is 0 Å². The average Bonchev–Trinajstić information content (AvgIpc) is 2.58. The Morgan fingerprint density at radius 2 is 2.18 bits per heavy atom. The van der Waals surface area contributed by atoms with Gasteiger partial charge in [0, 0.05) is 0 Å². The first-order chi connectivity index (χ1) is 5.47. The van der Waals surface area contributed by atoms with Gasteiger partial charge in [0.05, 0.1) is 5.88 Å². The van der Waals surface area contributed by atoms with Crippen molar-refractivity contribution in [2.24, 2.45) is 0 Å². The maximum absolute atomic E-state index is 4.31. The molecule has 0 aromatic heterocycles. The van der Waals surface area contributed by atoms with E-state index in [-0.39, 0.29) is 6.17 Å². The van der Waals surface area contributed by atoms with Crippen LogP contribution in [0.15, 0.2) is 30.3 Å². The van der Waals surface area contributed by atoms with E-state index in [2.05, 4.69) is 22.2 Å². The first-order valence-electron chi connectivity index (χ1n) is 3.57. The average molecular weight is 165 g/mol. The fourth-order valence-corrected chi connectivity index (χ4v) is 1.73. The second kappa shape index (κ2) is 3.26. The molecule has 2 rings (SSSR count). The summed E-state index contributed by atoms with van der Waals surface area (Å²) in [6, 6.07) is 10.3. The van der Waals surface area contributed by atoms with E-state index >= 15 is 0 Å². The minimum absolute atomic E-state index is 0.209. The monoisotopic (exact) mass is 165 g/mol. The third kappa shape index (κ3) is 1.56.